The Morgan fingerprint density at radius 3 is 1.24 bits per heavy atom. The van der Waals surface area contributed by atoms with Crippen LogP contribution >= 0.6 is 7.82 Å². The number of hydrogen-bond acceptors (Lipinski definition) is 4. The van der Waals surface area contributed by atoms with Gasteiger partial charge in [-0.3, -0.25) is 9.32 Å². The number of hydrogen-bond donors (Lipinski definition) is 4. The second-order valence-corrected chi connectivity index (χ2v) is 15.9. The number of nitrogens with one attached hydrogen (secondary N) is 1. The number of carbonyl (C=O) groups excluding carboxylic acids is 1. The maximum atomic E-state index is 12.6. The minimum absolute atomic E-state index is 0.223. The van der Waals surface area contributed by atoms with E-state index < -0.39 is 26.6 Å². The van der Waals surface area contributed by atoms with E-state index in [4.69, 9.17) is 9.79 Å². The van der Waals surface area contributed by atoms with E-state index in [1.165, 1.54) is 167 Å². The molecule has 0 aliphatic carbocycles. The predicted octanol–water partition coefficient (Wildman–Crippen LogP) is 12.4. The summed E-state index contributed by atoms with van der Waals surface area (Å²) in [4.78, 5) is 30.8. The Morgan fingerprint density at radius 2 is 0.898 bits per heavy atom. The number of carbonyl (C=O) groups is 1. The van der Waals surface area contributed by atoms with E-state index in [1.807, 2.05) is 6.08 Å². The van der Waals surface area contributed by atoms with Gasteiger partial charge in [-0.15, -0.1) is 0 Å². The molecule has 0 rings (SSSR count). The highest BCUT2D eigenvalue weighted by Gasteiger charge is 2.24. The molecule has 4 N–H and O–H groups in total. The van der Waals surface area contributed by atoms with E-state index in [-0.39, 0.29) is 5.91 Å². The summed E-state index contributed by atoms with van der Waals surface area (Å²) in [6, 6.07) is -0.904. The zero-order chi connectivity index (χ0) is 36.1. The lowest BCUT2D eigenvalue weighted by Crippen LogP contribution is -2.45. The number of phosphoric ester groups is 1. The Labute approximate surface area is 303 Å². The maximum Gasteiger partial charge on any atom is 0.469 e. The number of phosphoric acid groups is 1. The molecule has 0 saturated carbocycles. The number of aliphatic hydroxyl groups excluding tert-OH is 1. The minimum Gasteiger partial charge on any atom is -0.387 e. The summed E-state index contributed by atoms with van der Waals surface area (Å²) < 4.78 is 15.9. The molecule has 0 aromatic rings. The molecular weight excluding hydrogens is 633 g/mol. The average Bonchev–Trinajstić information content (AvgIpc) is 3.07. The summed E-state index contributed by atoms with van der Waals surface area (Å²) in [5.74, 6) is -0.223. The smallest absolute Gasteiger partial charge is 0.387 e. The molecular formula is C41H82NO6P. The van der Waals surface area contributed by atoms with Crippen LogP contribution in [-0.4, -0.2) is 39.6 Å². The first-order chi connectivity index (χ1) is 23.8. The third-order valence-corrected chi connectivity index (χ3v) is 10.2. The fourth-order valence-electron chi connectivity index (χ4n) is 6.52. The molecule has 0 fully saturated rings. The van der Waals surface area contributed by atoms with Gasteiger partial charge in [-0.05, 0) is 19.3 Å². The monoisotopic (exact) mass is 716 g/mol. The molecule has 292 valence electrons. The van der Waals surface area contributed by atoms with Crippen LogP contribution in [0.15, 0.2) is 12.2 Å². The number of amides is 1. The van der Waals surface area contributed by atoms with Crippen molar-refractivity contribution in [1.82, 2.24) is 5.32 Å². The fourth-order valence-corrected chi connectivity index (χ4v) is 6.87. The van der Waals surface area contributed by atoms with Gasteiger partial charge in [0.25, 0.3) is 0 Å². The van der Waals surface area contributed by atoms with Crippen LogP contribution in [0.25, 0.3) is 0 Å². The molecule has 0 spiro atoms. The Kier molecular flexibility index (Phi) is 36.5. The van der Waals surface area contributed by atoms with Gasteiger partial charge >= 0.3 is 7.82 Å². The van der Waals surface area contributed by atoms with Crippen molar-refractivity contribution < 1.29 is 28.8 Å². The van der Waals surface area contributed by atoms with E-state index in [9.17, 15) is 14.5 Å². The summed E-state index contributed by atoms with van der Waals surface area (Å²) in [5, 5.41) is 13.3. The second kappa shape index (κ2) is 37.1. The van der Waals surface area contributed by atoms with Crippen LogP contribution < -0.4 is 5.32 Å². The number of unbranched alkanes of at least 4 members (excludes halogenated alkanes) is 30. The molecule has 0 aromatic carbocycles. The summed E-state index contributed by atoms with van der Waals surface area (Å²) >= 11 is 0. The normalized spacial score (nSPS) is 13.3. The third-order valence-electron chi connectivity index (χ3n) is 9.75. The first-order valence-electron chi connectivity index (χ1n) is 21.1. The third kappa shape index (κ3) is 38.3. The van der Waals surface area contributed by atoms with Gasteiger partial charge in [0.1, 0.15) is 0 Å². The van der Waals surface area contributed by atoms with Crippen molar-refractivity contribution in [2.24, 2.45) is 0 Å². The Balaban J connectivity index is 3.83. The molecule has 2 atom stereocenters. The van der Waals surface area contributed by atoms with Crippen molar-refractivity contribution in [1.29, 1.82) is 0 Å². The molecule has 7 nitrogen and oxygen atoms in total. The van der Waals surface area contributed by atoms with Crippen molar-refractivity contribution in [3.8, 4) is 0 Å². The first kappa shape index (κ1) is 48.3. The number of aliphatic hydroxyl groups is 1. The van der Waals surface area contributed by atoms with Gasteiger partial charge in [-0.1, -0.05) is 212 Å². The van der Waals surface area contributed by atoms with Gasteiger partial charge in [0.05, 0.1) is 18.8 Å². The molecule has 0 aromatic heterocycles. The van der Waals surface area contributed by atoms with Crippen LogP contribution in [0.2, 0.25) is 0 Å². The maximum absolute atomic E-state index is 12.6. The predicted molar refractivity (Wildman–Crippen MR) is 209 cm³/mol. The number of allylic oxidation sites excluding steroid dienone is 1. The molecule has 0 bridgehead atoms. The van der Waals surface area contributed by atoms with Crippen LogP contribution in [0.5, 0.6) is 0 Å². The highest BCUT2D eigenvalue weighted by atomic mass is 31.2. The van der Waals surface area contributed by atoms with Crippen molar-refractivity contribution in [3.05, 3.63) is 12.2 Å². The SMILES string of the molecule is CCCCCCCCCCC/C=C/[C@@H](O)[C@H](COP(=O)(O)O)NC(=O)CCCCCCCCCCCCCCCCCCCCCCCC. The summed E-state index contributed by atoms with van der Waals surface area (Å²) in [7, 11) is -4.71. The summed E-state index contributed by atoms with van der Waals surface area (Å²) in [6.45, 7) is 4.07. The zero-order valence-corrected chi connectivity index (χ0v) is 33.3. The van der Waals surface area contributed by atoms with E-state index in [2.05, 4.69) is 23.7 Å². The lowest BCUT2D eigenvalue weighted by Gasteiger charge is -2.22. The molecule has 1 amide bonds. The minimum atomic E-state index is -4.71. The van der Waals surface area contributed by atoms with Crippen LogP contribution in [0.3, 0.4) is 0 Å². The number of rotatable bonds is 39. The van der Waals surface area contributed by atoms with Gasteiger partial charge in [0, 0.05) is 6.42 Å². The van der Waals surface area contributed by atoms with Gasteiger partial charge in [-0.25, -0.2) is 4.57 Å². The lowest BCUT2D eigenvalue weighted by molar-refractivity contribution is -0.123. The molecule has 0 aliphatic heterocycles. The van der Waals surface area contributed by atoms with Crippen molar-refractivity contribution in [3.63, 3.8) is 0 Å². The van der Waals surface area contributed by atoms with Crippen LogP contribution in [0, 0.1) is 0 Å². The molecule has 0 aliphatic rings. The van der Waals surface area contributed by atoms with Gasteiger partial charge < -0.3 is 20.2 Å². The second-order valence-electron chi connectivity index (χ2n) is 14.7. The van der Waals surface area contributed by atoms with Gasteiger partial charge in [0.15, 0.2) is 0 Å². The lowest BCUT2D eigenvalue weighted by atomic mass is 10.0. The van der Waals surface area contributed by atoms with Crippen molar-refractivity contribution in [2.45, 2.75) is 238 Å². The van der Waals surface area contributed by atoms with E-state index in [1.54, 1.807) is 6.08 Å². The summed E-state index contributed by atoms with van der Waals surface area (Å²) in [6.07, 6.45) is 43.9. The standard InChI is InChI=1S/C41H82NO6P/c1-3-5-7-9-11-13-15-16-17-18-19-20-21-22-23-24-25-27-29-31-33-35-37-41(44)42-39(38-48-49(45,46)47)40(43)36-34-32-30-28-26-14-12-10-8-6-4-2/h34,36,39-40,43H,3-33,35,37-38H2,1-2H3,(H,42,44)(H2,45,46,47)/b36-34+/t39-,40+/m0/s1. The van der Waals surface area contributed by atoms with Crippen molar-refractivity contribution >= 4 is 13.7 Å². The fraction of sp³-hybridized carbons (Fsp3) is 0.927. The van der Waals surface area contributed by atoms with Gasteiger partial charge in [-0.2, -0.15) is 0 Å². The quantitative estimate of drug-likeness (QED) is 0.0286. The van der Waals surface area contributed by atoms with E-state index in [0.717, 1.165) is 38.5 Å². The van der Waals surface area contributed by atoms with E-state index >= 15 is 0 Å². The highest BCUT2D eigenvalue weighted by molar-refractivity contribution is 7.46. The first-order valence-corrected chi connectivity index (χ1v) is 22.7. The van der Waals surface area contributed by atoms with E-state index in [0.29, 0.717) is 6.42 Å². The van der Waals surface area contributed by atoms with Crippen LogP contribution in [0.4, 0.5) is 0 Å². The Hall–Kier alpha value is -0.720. The zero-order valence-electron chi connectivity index (χ0n) is 32.4. The molecule has 8 heteroatoms. The molecule has 0 heterocycles. The molecule has 49 heavy (non-hydrogen) atoms. The molecule has 0 radical (unpaired) electrons. The van der Waals surface area contributed by atoms with Crippen LogP contribution in [-0.2, 0) is 13.9 Å². The van der Waals surface area contributed by atoms with Crippen LogP contribution in [0.1, 0.15) is 226 Å². The Morgan fingerprint density at radius 1 is 0.571 bits per heavy atom. The molecule has 0 unspecified atom stereocenters. The average molecular weight is 716 g/mol. The van der Waals surface area contributed by atoms with Gasteiger partial charge in [0.2, 0.25) is 5.91 Å². The topological polar surface area (TPSA) is 116 Å². The molecule has 0 saturated heterocycles. The Bertz CT molecular complexity index is 773. The summed E-state index contributed by atoms with van der Waals surface area (Å²) in [5.41, 5.74) is 0. The van der Waals surface area contributed by atoms with Crippen molar-refractivity contribution in [2.75, 3.05) is 6.61 Å². The highest BCUT2D eigenvalue weighted by Crippen LogP contribution is 2.35. The largest absolute Gasteiger partial charge is 0.469 e.